The lowest BCUT2D eigenvalue weighted by Crippen LogP contribution is -2.18. The van der Waals surface area contributed by atoms with Crippen LogP contribution in [0.15, 0.2) is 24.9 Å². The molecule has 1 N–H and O–H groups in total. The maximum atomic E-state index is 4.31. The van der Waals surface area contributed by atoms with Crippen molar-refractivity contribution in [1.82, 2.24) is 24.6 Å². The van der Waals surface area contributed by atoms with Crippen molar-refractivity contribution in [2.24, 2.45) is 0 Å². The highest BCUT2D eigenvalue weighted by molar-refractivity contribution is 5.07. The van der Waals surface area contributed by atoms with Crippen LogP contribution >= 0.6 is 0 Å². The van der Waals surface area contributed by atoms with Gasteiger partial charge >= 0.3 is 0 Å². The first kappa shape index (κ1) is 11.5. The van der Waals surface area contributed by atoms with E-state index in [1.165, 1.54) is 24.1 Å². The first-order valence-corrected chi connectivity index (χ1v) is 6.55. The van der Waals surface area contributed by atoms with Gasteiger partial charge in [0, 0.05) is 25.0 Å². The van der Waals surface area contributed by atoms with E-state index in [0.717, 1.165) is 19.6 Å². The van der Waals surface area contributed by atoms with Crippen molar-refractivity contribution in [2.45, 2.75) is 38.9 Å². The molecule has 1 aliphatic heterocycles. The van der Waals surface area contributed by atoms with Crippen molar-refractivity contribution < 1.29 is 0 Å². The van der Waals surface area contributed by atoms with E-state index in [9.17, 15) is 0 Å². The maximum absolute atomic E-state index is 4.31. The van der Waals surface area contributed by atoms with Crippen LogP contribution in [0.4, 0.5) is 0 Å². The molecule has 1 saturated heterocycles. The third-order valence-corrected chi connectivity index (χ3v) is 3.49. The van der Waals surface area contributed by atoms with E-state index in [4.69, 9.17) is 0 Å². The van der Waals surface area contributed by atoms with Crippen molar-refractivity contribution in [3.05, 3.63) is 36.2 Å². The summed E-state index contributed by atoms with van der Waals surface area (Å²) in [5.41, 5.74) is 2.51. The van der Waals surface area contributed by atoms with Gasteiger partial charge in [-0.3, -0.25) is 4.68 Å². The smallest absolute Gasteiger partial charge is 0.0949 e. The van der Waals surface area contributed by atoms with Crippen LogP contribution in [0, 0.1) is 6.92 Å². The van der Waals surface area contributed by atoms with Crippen molar-refractivity contribution in [3.8, 4) is 0 Å². The van der Waals surface area contributed by atoms with Gasteiger partial charge in [-0.1, -0.05) is 0 Å². The van der Waals surface area contributed by atoms with E-state index in [1.807, 2.05) is 23.4 Å². The fourth-order valence-electron chi connectivity index (χ4n) is 2.54. The summed E-state index contributed by atoms with van der Waals surface area (Å²) in [6.07, 6.45) is 10.3. The number of aryl methyl sites for hydroxylation is 3. The van der Waals surface area contributed by atoms with Crippen LogP contribution in [-0.2, 0) is 13.1 Å². The highest BCUT2D eigenvalue weighted by atomic mass is 15.3. The number of nitrogens with zero attached hydrogens (tertiary/aromatic N) is 4. The van der Waals surface area contributed by atoms with Crippen LogP contribution in [0.2, 0.25) is 0 Å². The number of imidazole rings is 1. The largest absolute Gasteiger partial charge is 0.331 e. The molecule has 2 aromatic heterocycles. The Morgan fingerprint density at radius 1 is 1.39 bits per heavy atom. The van der Waals surface area contributed by atoms with Gasteiger partial charge in [0.15, 0.2) is 0 Å². The van der Waals surface area contributed by atoms with Gasteiger partial charge in [0.05, 0.1) is 24.8 Å². The minimum atomic E-state index is 0.479. The first-order chi connectivity index (χ1) is 8.83. The lowest BCUT2D eigenvalue weighted by atomic mass is 10.2. The Labute approximate surface area is 107 Å². The summed E-state index contributed by atoms with van der Waals surface area (Å²) < 4.78 is 4.22. The van der Waals surface area contributed by atoms with Crippen molar-refractivity contribution in [3.63, 3.8) is 0 Å². The van der Waals surface area contributed by atoms with Crippen LogP contribution in [0.25, 0.3) is 0 Å². The van der Waals surface area contributed by atoms with E-state index in [1.54, 1.807) is 0 Å². The zero-order chi connectivity index (χ0) is 12.4. The fraction of sp³-hybridized carbons (Fsp3) is 0.538. The van der Waals surface area contributed by atoms with Crippen molar-refractivity contribution in [1.29, 1.82) is 0 Å². The molecule has 0 saturated carbocycles. The van der Waals surface area contributed by atoms with E-state index in [-0.39, 0.29) is 0 Å². The molecule has 2 aromatic rings. The second-order valence-electron chi connectivity index (χ2n) is 4.94. The number of hydrogen-bond acceptors (Lipinski definition) is 3. The quantitative estimate of drug-likeness (QED) is 0.888. The molecule has 0 bridgehead atoms. The molecule has 18 heavy (non-hydrogen) atoms. The van der Waals surface area contributed by atoms with Crippen LogP contribution in [0.1, 0.15) is 30.1 Å². The molecule has 0 aliphatic carbocycles. The van der Waals surface area contributed by atoms with Gasteiger partial charge < -0.3 is 9.88 Å². The monoisotopic (exact) mass is 245 g/mol. The molecule has 0 radical (unpaired) electrons. The summed E-state index contributed by atoms with van der Waals surface area (Å²) in [4.78, 5) is 4.28. The van der Waals surface area contributed by atoms with Gasteiger partial charge in [0.2, 0.25) is 0 Å². The summed E-state index contributed by atoms with van der Waals surface area (Å²) in [7, 11) is 0. The van der Waals surface area contributed by atoms with Gasteiger partial charge in [-0.25, -0.2) is 4.98 Å². The van der Waals surface area contributed by atoms with E-state index >= 15 is 0 Å². The van der Waals surface area contributed by atoms with E-state index in [2.05, 4.69) is 33.1 Å². The highest BCUT2D eigenvalue weighted by Gasteiger charge is 2.19. The predicted octanol–water partition coefficient (Wildman–Crippen LogP) is 1.51. The Kier molecular flexibility index (Phi) is 3.15. The summed E-state index contributed by atoms with van der Waals surface area (Å²) in [6, 6.07) is 0.479. The minimum Gasteiger partial charge on any atom is -0.331 e. The molecular formula is C13H19N5. The predicted molar refractivity (Wildman–Crippen MR) is 69.2 cm³/mol. The van der Waals surface area contributed by atoms with E-state index in [0.29, 0.717) is 6.04 Å². The topological polar surface area (TPSA) is 47.7 Å². The van der Waals surface area contributed by atoms with Crippen LogP contribution in [0.3, 0.4) is 0 Å². The molecule has 1 fully saturated rings. The van der Waals surface area contributed by atoms with Gasteiger partial charge in [-0.2, -0.15) is 5.10 Å². The first-order valence-electron chi connectivity index (χ1n) is 6.55. The molecule has 96 valence electrons. The molecule has 5 heteroatoms. The molecular weight excluding hydrogens is 226 g/mol. The van der Waals surface area contributed by atoms with Crippen LogP contribution < -0.4 is 5.32 Å². The Balaban J connectivity index is 1.67. The SMILES string of the molecule is Cc1cnn(CCn2cncc2C2CCCN2)c1. The second-order valence-corrected chi connectivity index (χ2v) is 4.94. The molecule has 1 unspecified atom stereocenters. The summed E-state index contributed by atoms with van der Waals surface area (Å²) in [5, 5.41) is 7.83. The Bertz CT molecular complexity index is 507. The summed E-state index contributed by atoms with van der Waals surface area (Å²) in [6.45, 7) is 5.00. The van der Waals surface area contributed by atoms with Crippen LogP contribution in [0.5, 0.6) is 0 Å². The normalized spacial score (nSPS) is 19.5. The maximum Gasteiger partial charge on any atom is 0.0949 e. The Hall–Kier alpha value is -1.62. The summed E-state index contributed by atoms with van der Waals surface area (Å²) in [5.74, 6) is 0. The fourth-order valence-corrected chi connectivity index (χ4v) is 2.54. The average molecular weight is 245 g/mol. The van der Waals surface area contributed by atoms with Gasteiger partial charge in [0.1, 0.15) is 0 Å². The number of aromatic nitrogens is 4. The number of hydrogen-bond donors (Lipinski definition) is 1. The minimum absolute atomic E-state index is 0.479. The summed E-state index contributed by atoms with van der Waals surface area (Å²) >= 11 is 0. The molecule has 1 aliphatic rings. The van der Waals surface area contributed by atoms with Crippen molar-refractivity contribution >= 4 is 0 Å². The Morgan fingerprint density at radius 2 is 2.33 bits per heavy atom. The molecule has 3 rings (SSSR count). The highest BCUT2D eigenvalue weighted by Crippen LogP contribution is 2.22. The van der Waals surface area contributed by atoms with Gasteiger partial charge in [0.25, 0.3) is 0 Å². The lowest BCUT2D eigenvalue weighted by molar-refractivity contribution is 0.498. The molecule has 1 atom stereocenters. The number of nitrogens with one attached hydrogen (secondary N) is 1. The third kappa shape index (κ3) is 2.31. The zero-order valence-corrected chi connectivity index (χ0v) is 10.7. The van der Waals surface area contributed by atoms with Gasteiger partial charge in [-0.05, 0) is 31.9 Å². The zero-order valence-electron chi connectivity index (χ0n) is 10.7. The molecule has 5 nitrogen and oxygen atoms in total. The molecule has 0 spiro atoms. The second kappa shape index (κ2) is 4.94. The average Bonchev–Trinajstić information content (AvgIpc) is 3.07. The van der Waals surface area contributed by atoms with E-state index < -0.39 is 0 Å². The van der Waals surface area contributed by atoms with Gasteiger partial charge in [-0.15, -0.1) is 0 Å². The molecule has 3 heterocycles. The lowest BCUT2D eigenvalue weighted by Gasteiger charge is -2.13. The van der Waals surface area contributed by atoms with Crippen molar-refractivity contribution in [2.75, 3.05) is 6.54 Å². The molecule has 0 amide bonds. The number of rotatable bonds is 4. The third-order valence-electron chi connectivity index (χ3n) is 3.49. The van der Waals surface area contributed by atoms with Crippen LogP contribution in [-0.4, -0.2) is 25.9 Å². The standard InChI is InChI=1S/C13H19N5/c1-11-7-16-18(9-11)6-5-17-10-14-8-13(17)12-3-2-4-15-12/h7-10,12,15H,2-6H2,1H3. The Morgan fingerprint density at radius 3 is 3.06 bits per heavy atom. The molecule has 0 aromatic carbocycles.